The van der Waals surface area contributed by atoms with Crippen LogP contribution in [0.1, 0.15) is 46.0 Å². The number of hydrogen-bond donors (Lipinski definition) is 2. The van der Waals surface area contributed by atoms with Gasteiger partial charge in [0.05, 0.1) is 13.2 Å². The molecule has 17 heavy (non-hydrogen) atoms. The van der Waals surface area contributed by atoms with Crippen molar-refractivity contribution in [3.63, 3.8) is 0 Å². The molecule has 0 aromatic rings. The van der Waals surface area contributed by atoms with Crippen LogP contribution < -0.4 is 5.32 Å². The largest absolute Gasteiger partial charge is 0.472 e. The Labute approximate surface area is 105 Å². The molecular weight excluding hydrogens is 241 g/mol. The van der Waals surface area contributed by atoms with Gasteiger partial charge >= 0.3 is 7.82 Å². The molecule has 1 atom stereocenters. The van der Waals surface area contributed by atoms with Crippen molar-refractivity contribution < 1.29 is 18.5 Å². The van der Waals surface area contributed by atoms with Gasteiger partial charge in [-0.1, -0.05) is 26.2 Å². The number of hydrogen-bond acceptors (Lipinski definition) is 4. The van der Waals surface area contributed by atoms with Gasteiger partial charge in [-0.15, -0.1) is 0 Å². The van der Waals surface area contributed by atoms with Crippen LogP contribution in [0.5, 0.6) is 0 Å². The molecule has 1 unspecified atom stereocenters. The van der Waals surface area contributed by atoms with Gasteiger partial charge in [-0.3, -0.25) is 9.05 Å². The van der Waals surface area contributed by atoms with Crippen LogP contribution in [-0.2, 0) is 13.6 Å². The molecule has 0 spiro atoms. The SMILES string of the molecule is CCCCCCNCCCOP(=O)(O)OCC. The first-order valence-electron chi connectivity index (χ1n) is 6.45. The number of phosphoric acid groups is 1. The highest BCUT2D eigenvalue weighted by molar-refractivity contribution is 7.47. The minimum atomic E-state index is -3.79. The van der Waals surface area contributed by atoms with Crippen LogP contribution in [-0.4, -0.2) is 31.2 Å². The first-order chi connectivity index (χ1) is 8.12. The Morgan fingerprint density at radius 1 is 1.06 bits per heavy atom. The lowest BCUT2D eigenvalue weighted by Gasteiger charge is -2.10. The van der Waals surface area contributed by atoms with Crippen LogP contribution in [0.15, 0.2) is 0 Å². The molecule has 0 amide bonds. The molecule has 2 N–H and O–H groups in total. The van der Waals surface area contributed by atoms with E-state index in [4.69, 9.17) is 9.42 Å². The fourth-order valence-corrected chi connectivity index (χ4v) is 2.14. The highest BCUT2D eigenvalue weighted by Gasteiger charge is 2.18. The van der Waals surface area contributed by atoms with E-state index in [1.807, 2.05) is 0 Å². The van der Waals surface area contributed by atoms with Crippen molar-refractivity contribution in [3.05, 3.63) is 0 Å². The normalized spacial score (nSPS) is 14.8. The second kappa shape index (κ2) is 11.2. The summed E-state index contributed by atoms with van der Waals surface area (Å²) in [6.45, 7) is 6.08. The standard InChI is InChI=1S/C11H26NO4P/c1-3-5-6-7-9-12-10-8-11-16-17(13,14)15-4-2/h12H,3-11H2,1-2H3,(H,13,14). The van der Waals surface area contributed by atoms with Crippen LogP contribution in [0.2, 0.25) is 0 Å². The molecule has 0 radical (unpaired) electrons. The minimum Gasteiger partial charge on any atom is -0.317 e. The number of nitrogens with one attached hydrogen (secondary N) is 1. The maximum atomic E-state index is 11.1. The Bertz CT molecular complexity index is 214. The van der Waals surface area contributed by atoms with Crippen molar-refractivity contribution in [3.8, 4) is 0 Å². The lowest BCUT2D eigenvalue weighted by atomic mass is 10.2. The molecule has 0 aromatic heterocycles. The Hall–Kier alpha value is 0.0700. The van der Waals surface area contributed by atoms with Crippen molar-refractivity contribution in [2.45, 2.75) is 46.0 Å². The molecule has 0 fully saturated rings. The van der Waals surface area contributed by atoms with Gasteiger partial charge in [0, 0.05) is 0 Å². The Balaban J connectivity index is 3.21. The molecule has 5 nitrogen and oxygen atoms in total. The summed E-state index contributed by atoms with van der Waals surface area (Å²) in [7, 11) is -3.79. The average Bonchev–Trinajstić information content (AvgIpc) is 2.27. The molecule has 0 saturated carbocycles. The molecule has 0 bridgehead atoms. The van der Waals surface area contributed by atoms with Crippen molar-refractivity contribution in [2.24, 2.45) is 0 Å². The van der Waals surface area contributed by atoms with E-state index in [0.717, 1.165) is 13.1 Å². The molecule has 0 aromatic carbocycles. The quantitative estimate of drug-likeness (QED) is 0.420. The van der Waals surface area contributed by atoms with Gasteiger partial charge in [0.25, 0.3) is 0 Å². The molecule has 0 heterocycles. The summed E-state index contributed by atoms with van der Waals surface area (Å²) in [6, 6.07) is 0. The molecular formula is C11H26NO4P. The maximum absolute atomic E-state index is 11.1. The van der Waals surface area contributed by atoms with Crippen LogP contribution in [0, 0.1) is 0 Å². The van der Waals surface area contributed by atoms with E-state index in [9.17, 15) is 4.57 Å². The zero-order chi connectivity index (χ0) is 13.0. The Morgan fingerprint density at radius 3 is 2.41 bits per heavy atom. The lowest BCUT2D eigenvalue weighted by molar-refractivity contribution is 0.154. The van der Waals surface area contributed by atoms with E-state index in [0.29, 0.717) is 6.42 Å². The first kappa shape index (κ1) is 17.1. The summed E-state index contributed by atoms with van der Waals surface area (Å²) in [4.78, 5) is 9.10. The molecule has 104 valence electrons. The van der Waals surface area contributed by atoms with Gasteiger partial charge < -0.3 is 10.2 Å². The minimum absolute atomic E-state index is 0.184. The van der Waals surface area contributed by atoms with Crippen molar-refractivity contribution >= 4 is 7.82 Å². The van der Waals surface area contributed by atoms with Crippen molar-refractivity contribution in [1.82, 2.24) is 5.32 Å². The summed E-state index contributed by atoms with van der Waals surface area (Å²) >= 11 is 0. The predicted octanol–water partition coefficient (Wildman–Crippen LogP) is 2.70. The van der Waals surface area contributed by atoms with Crippen molar-refractivity contribution in [1.29, 1.82) is 0 Å². The number of unbranched alkanes of at least 4 members (excludes halogenated alkanes) is 3. The van der Waals surface area contributed by atoms with Gasteiger partial charge in [0.15, 0.2) is 0 Å². The zero-order valence-corrected chi connectivity index (χ0v) is 11.9. The van der Waals surface area contributed by atoms with Crippen LogP contribution in [0.3, 0.4) is 0 Å². The predicted molar refractivity (Wildman–Crippen MR) is 69.0 cm³/mol. The van der Waals surface area contributed by atoms with Crippen LogP contribution >= 0.6 is 7.82 Å². The highest BCUT2D eigenvalue weighted by Crippen LogP contribution is 2.42. The molecule has 0 aliphatic heterocycles. The van der Waals surface area contributed by atoms with Gasteiger partial charge in [-0.2, -0.15) is 0 Å². The lowest BCUT2D eigenvalue weighted by Crippen LogP contribution is -2.18. The smallest absolute Gasteiger partial charge is 0.317 e. The van der Waals surface area contributed by atoms with Gasteiger partial charge in [-0.05, 0) is 32.9 Å². The van der Waals surface area contributed by atoms with Crippen molar-refractivity contribution in [2.75, 3.05) is 26.3 Å². The average molecular weight is 267 g/mol. The summed E-state index contributed by atoms with van der Waals surface area (Å²) in [5, 5.41) is 3.27. The van der Waals surface area contributed by atoms with E-state index in [-0.39, 0.29) is 13.2 Å². The third-order valence-corrected chi connectivity index (χ3v) is 3.35. The molecule has 0 saturated heterocycles. The molecule has 0 aliphatic carbocycles. The monoisotopic (exact) mass is 267 g/mol. The summed E-state index contributed by atoms with van der Waals surface area (Å²) < 4.78 is 20.4. The zero-order valence-electron chi connectivity index (χ0n) is 11.0. The highest BCUT2D eigenvalue weighted by atomic mass is 31.2. The maximum Gasteiger partial charge on any atom is 0.472 e. The van der Waals surface area contributed by atoms with Gasteiger partial charge in [-0.25, -0.2) is 4.57 Å². The molecule has 0 aliphatic rings. The van der Waals surface area contributed by atoms with Crippen LogP contribution in [0.25, 0.3) is 0 Å². The van der Waals surface area contributed by atoms with E-state index < -0.39 is 7.82 Å². The van der Waals surface area contributed by atoms with E-state index in [1.54, 1.807) is 6.92 Å². The first-order valence-corrected chi connectivity index (χ1v) is 7.94. The fraction of sp³-hybridized carbons (Fsp3) is 1.00. The summed E-state index contributed by atoms with van der Waals surface area (Å²) in [5.41, 5.74) is 0. The molecule has 6 heteroatoms. The van der Waals surface area contributed by atoms with Gasteiger partial charge in [0.1, 0.15) is 0 Å². The Kier molecular flexibility index (Phi) is 11.2. The number of rotatable bonds is 12. The third-order valence-electron chi connectivity index (χ3n) is 2.25. The van der Waals surface area contributed by atoms with Crippen LogP contribution in [0.4, 0.5) is 0 Å². The van der Waals surface area contributed by atoms with E-state index >= 15 is 0 Å². The van der Waals surface area contributed by atoms with E-state index in [2.05, 4.69) is 16.8 Å². The third kappa shape index (κ3) is 12.3. The van der Waals surface area contributed by atoms with Gasteiger partial charge in [0.2, 0.25) is 0 Å². The topological polar surface area (TPSA) is 67.8 Å². The second-order valence-corrected chi connectivity index (χ2v) is 5.34. The molecule has 0 rings (SSSR count). The Morgan fingerprint density at radius 2 is 1.76 bits per heavy atom. The summed E-state index contributed by atoms with van der Waals surface area (Å²) in [6.07, 6.45) is 5.69. The summed E-state index contributed by atoms with van der Waals surface area (Å²) in [5.74, 6) is 0. The second-order valence-electron chi connectivity index (χ2n) is 3.88. The van der Waals surface area contributed by atoms with E-state index in [1.165, 1.54) is 25.7 Å². The fourth-order valence-electron chi connectivity index (χ4n) is 1.38. The number of phosphoric ester groups is 1.